The highest BCUT2D eigenvalue weighted by molar-refractivity contribution is 5.93. The lowest BCUT2D eigenvalue weighted by atomic mass is 9.97. The van der Waals surface area contributed by atoms with Crippen LogP contribution in [0.25, 0.3) is 11.0 Å². The van der Waals surface area contributed by atoms with Gasteiger partial charge in [0.15, 0.2) is 5.82 Å². The highest BCUT2D eigenvalue weighted by Crippen LogP contribution is 2.31. The molecule has 2 heterocycles. The average molecular weight is 405 g/mol. The third-order valence-electron chi connectivity index (χ3n) is 5.38. The zero-order valence-electron chi connectivity index (χ0n) is 17.6. The minimum Gasteiger partial charge on any atom is -0.475 e. The molecule has 3 aromatic rings. The first-order valence-electron chi connectivity index (χ1n) is 10.7. The number of piperidine rings is 1. The molecule has 0 radical (unpaired) electrons. The summed E-state index contributed by atoms with van der Waals surface area (Å²) in [4.78, 5) is 24.6. The van der Waals surface area contributed by atoms with E-state index in [2.05, 4.69) is 17.1 Å². The van der Waals surface area contributed by atoms with Gasteiger partial charge in [-0.3, -0.25) is 4.79 Å². The molecule has 0 aliphatic carbocycles. The Hall–Kier alpha value is -3.15. The number of amides is 1. The van der Waals surface area contributed by atoms with Crippen LogP contribution in [0.5, 0.6) is 5.88 Å². The van der Waals surface area contributed by atoms with Gasteiger partial charge in [-0.1, -0.05) is 36.8 Å². The summed E-state index contributed by atoms with van der Waals surface area (Å²) in [5.74, 6) is 1.23. The van der Waals surface area contributed by atoms with Gasteiger partial charge in [0.2, 0.25) is 5.91 Å². The predicted molar refractivity (Wildman–Crippen MR) is 120 cm³/mol. The fourth-order valence-electron chi connectivity index (χ4n) is 3.74. The van der Waals surface area contributed by atoms with Gasteiger partial charge in [0.05, 0.1) is 23.6 Å². The second kappa shape index (κ2) is 9.11. The number of carbonyl (C=O) groups excluding carboxylic acids is 1. The van der Waals surface area contributed by atoms with Crippen LogP contribution in [0.4, 0.5) is 11.5 Å². The Morgan fingerprint density at radius 3 is 2.60 bits per heavy atom. The Kier molecular flexibility index (Phi) is 6.12. The van der Waals surface area contributed by atoms with Crippen LogP contribution in [-0.4, -0.2) is 35.6 Å². The van der Waals surface area contributed by atoms with Crippen molar-refractivity contribution in [2.75, 3.05) is 29.9 Å². The Labute approximate surface area is 177 Å². The minimum absolute atomic E-state index is 0.0494. The SMILES string of the molecule is CCCOc1nc2ccccc2nc1N1CCC[C@@H](C(=O)Nc2ccc(C)cc2)C1. The molecule has 0 saturated carbocycles. The molecular formula is C24H28N4O2. The van der Waals surface area contributed by atoms with Crippen molar-refractivity contribution in [3.05, 3.63) is 54.1 Å². The van der Waals surface area contributed by atoms with Crippen molar-refractivity contribution in [3.8, 4) is 5.88 Å². The summed E-state index contributed by atoms with van der Waals surface area (Å²) < 4.78 is 5.93. The van der Waals surface area contributed by atoms with E-state index in [0.29, 0.717) is 19.0 Å². The molecule has 156 valence electrons. The Balaban J connectivity index is 1.55. The van der Waals surface area contributed by atoms with E-state index < -0.39 is 0 Å². The number of anilines is 2. The maximum atomic E-state index is 12.9. The predicted octanol–water partition coefficient (Wildman–Crippen LogP) is 4.58. The molecule has 1 aliphatic heterocycles. The van der Waals surface area contributed by atoms with E-state index in [-0.39, 0.29) is 11.8 Å². The van der Waals surface area contributed by atoms with Crippen LogP contribution in [0.3, 0.4) is 0 Å². The minimum atomic E-state index is -0.104. The summed E-state index contributed by atoms with van der Waals surface area (Å²) in [5, 5.41) is 3.06. The van der Waals surface area contributed by atoms with Crippen LogP contribution < -0.4 is 15.0 Å². The lowest BCUT2D eigenvalue weighted by Gasteiger charge is -2.33. The zero-order valence-corrected chi connectivity index (χ0v) is 17.6. The van der Waals surface area contributed by atoms with Crippen molar-refractivity contribution in [3.63, 3.8) is 0 Å². The molecule has 1 aliphatic rings. The average Bonchev–Trinajstić information content (AvgIpc) is 2.78. The standard InChI is InChI=1S/C24H28N4O2/c1-3-15-30-24-22(26-20-8-4-5-9-21(20)27-24)28-14-6-7-18(16-28)23(29)25-19-12-10-17(2)11-13-19/h4-5,8-13,18H,3,6-7,14-16H2,1-2H3,(H,25,29)/t18-/m1/s1. The highest BCUT2D eigenvalue weighted by Gasteiger charge is 2.29. The van der Waals surface area contributed by atoms with Gasteiger partial charge < -0.3 is 15.0 Å². The lowest BCUT2D eigenvalue weighted by molar-refractivity contribution is -0.120. The summed E-state index contributed by atoms with van der Waals surface area (Å²) in [6.07, 6.45) is 2.68. The number of para-hydroxylation sites is 2. The fraction of sp³-hybridized carbons (Fsp3) is 0.375. The van der Waals surface area contributed by atoms with E-state index in [4.69, 9.17) is 14.7 Å². The molecule has 1 amide bonds. The van der Waals surface area contributed by atoms with E-state index in [1.165, 1.54) is 5.56 Å². The molecule has 1 N–H and O–H groups in total. The van der Waals surface area contributed by atoms with E-state index in [9.17, 15) is 4.79 Å². The lowest BCUT2D eigenvalue weighted by Crippen LogP contribution is -2.41. The van der Waals surface area contributed by atoms with Gasteiger partial charge in [0.1, 0.15) is 0 Å². The van der Waals surface area contributed by atoms with Crippen LogP contribution in [-0.2, 0) is 4.79 Å². The topological polar surface area (TPSA) is 67.4 Å². The molecule has 1 aromatic heterocycles. The fourth-order valence-corrected chi connectivity index (χ4v) is 3.74. The first-order valence-corrected chi connectivity index (χ1v) is 10.7. The van der Waals surface area contributed by atoms with E-state index in [1.807, 2.05) is 55.5 Å². The van der Waals surface area contributed by atoms with Gasteiger partial charge in [-0.2, -0.15) is 0 Å². The van der Waals surface area contributed by atoms with Crippen LogP contribution in [0, 0.1) is 12.8 Å². The van der Waals surface area contributed by atoms with Gasteiger partial charge in [-0.25, -0.2) is 9.97 Å². The third-order valence-corrected chi connectivity index (χ3v) is 5.38. The number of benzene rings is 2. The molecule has 4 rings (SSSR count). The van der Waals surface area contributed by atoms with Crippen molar-refractivity contribution in [2.45, 2.75) is 33.1 Å². The Bertz CT molecular complexity index is 1020. The van der Waals surface area contributed by atoms with Gasteiger partial charge in [0.25, 0.3) is 5.88 Å². The monoisotopic (exact) mass is 404 g/mol. The Morgan fingerprint density at radius 2 is 1.87 bits per heavy atom. The molecule has 30 heavy (non-hydrogen) atoms. The van der Waals surface area contributed by atoms with E-state index in [1.54, 1.807) is 0 Å². The molecule has 6 heteroatoms. The number of ether oxygens (including phenoxy) is 1. The number of nitrogens with one attached hydrogen (secondary N) is 1. The molecule has 0 spiro atoms. The van der Waals surface area contributed by atoms with Gasteiger partial charge in [-0.05, 0) is 50.5 Å². The van der Waals surface area contributed by atoms with Gasteiger partial charge in [0, 0.05) is 18.8 Å². The van der Waals surface area contributed by atoms with Crippen LogP contribution in [0.2, 0.25) is 0 Å². The second-order valence-electron chi connectivity index (χ2n) is 7.83. The summed E-state index contributed by atoms with van der Waals surface area (Å²) in [5.41, 5.74) is 3.66. The number of rotatable bonds is 6. The zero-order chi connectivity index (χ0) is 20.9. The van der Waals surface area contributed by atoms with Crippen LogP contribution in [0.15, 0.2) is 48.5 Å². The van der Waals surface area contributed by atoms with Crippen molar-refractivity contribution < 1.29 is 9.53 Å². The number of hydrogen-bond donors (Lipinski definition) is 1. The molecule has 0 bridgehead atoms. The highest BCUT2D eigenvalue weighted by atomic mass is 16.5. The number of aromatic nitrogens is 2. The maximum Gasteiger partial charge on any atom is 0.258 e. The summed E-state index contributed by atoms with van der Waals surface area (Å²) in [6, 6.07) is 15.7. The van der Waals surface area contributed by atoms with Gasteiger partial charge in [-0.15, -0.1) is 0 Å². The molecule has 1 fully saturated rings. The maximum absolute atomic E-state index is 12.9. The molecule has 1 atom stereocenters. The number of fused-ring (bicyclic) bond motifs is 1. The van der Waals surface area contributed by atoms with Crippen LogP contribution in [0.1, 0.15) is 31.7 Å². The largest absolute Gasteiger partial charge is 0.475 e. The van der Waals surface area contributed by atoms with Crippen molar-refractivity contribution >= 4 is 28.4 Å². The summed E-state index contributed by atoms with van der Waals surface area (Å²) >= 11 is 0. The molecule has 0 unspecified atom stereocenters. The van der Waals surface area contributed by atoms with Crippen molar-refractivity contribution in [1.82, 2.24) is 9.97 Å². The van der Waals surface area contributed by atoms with Crippen LogP contribution >= 0.6 is 0 Å². The van der Waals surface area contributed by atoms with E-state index in [0.717, 1.165) is 48.3 Å². The van der Waals surface area contributed by atoms with Gasteiger partial charge >= 0.3 is 0 Å². The van der Waals surface area contributed by atoms with Crippen molar-refractivity contribution in [1.29, 1.82) is 0 Å². The van der Waals surface area contributed by atoms with Crippen molar-refractivity contribution in [2.24, 2.45) is 5.92 Å². The first-order chi connectivity index (χ1) is 14.6. The molecule has 1 saturated heterocycles. The van der Waals surface area contributed by atoms with E-state index >= 15 is 0 Å². The number of nitrogens with zero attached hydrogens (tertiary/aromatic N) is 3. The first kappa shape index (κ1) is 20.1. The molecular weight excluding hydrogens is 376 g/mol. The smallest absolute Gasteiger partial charge is 0.258 e. The number of aryl methyl sites for hydroxylation is 1. The normalized spacial score (nSPS) is 16.5. The quantitative estimate of drug-likeness (QED) is 0.651. The number of hydrogen-bond acceptors (Lipinski definition) is 5. The molecule has 2 aromatic carbocycles. The number of carbonyl (C=O) groups is 1. The summed E-state index contributed by atoms with van der Waals surface area (Å²) in [7, 11) is 0. The molecule has 6 nitrogen and oxygen atoms in total. The summed E-state index contributed by atoms with van der Waals surface area (Å²) in [6.45, 7) is 6.14. The second-order valence-corrected chi connectivity index (χ2v) is 7.83. The third kappa shape index (κ3) is 4.53. The Morgan fingerprint density at radius 1 is 1.13 bits per heavy atom.